The van der Waals surface area contributed by atoms with E-state index in [4.69, 9.17) is 0 Å². The van der Waals surface area contributed by atoms with E-state index in [2.05, 4.69) is 119 Å². The van der Waals surface area contributed by atoms with E-state index in [0.29, 0.717) is 0 Å². The fraction of sp³-hybridized carbons (Fsp3) is 0. The Morgan fingerprint density at radius 2 is 1.11 bits per heavy atom. The number of halogens is 1. The van der Waals surface area contributed by atoms with E-state index in [0.717, 1.165) is 4.47 Å². The summed E-state index contributed by atoms with van der Waals surface area (Å²) in [7, 11) is 0. The van der Waals surface area contributed by atoms with Crippen molar-refractivity contribution < 1.29 is 0 Å². The molecule has 27 heavy (non-hydrogen) atoms. The van der Waals surface area contributed by atoms with Gasteiger partial charge >= 0.3 is 0 Å². The number of hydrogen-bond acceptors (Lipinski definition) is 0. The molecule has 5 aromatic rings. The molecule has 0 aromatic heterocycles. The molecule has 0 saturated heterocycles. The van der Waals surface area contributed by atoms with Gasteiger partial charge in [-0.05, 0) is 55.9 Å². The summed E-state index contributed by atoms with van der Waals surface area (Å²) in [5, 5.41) is 5.07. The van der Waals surface area contributed by atoms with Crippen molar-refractivity contribution in [2.24, 2.45) is 0 Å². The molecule has 0 unspecified atom stereocenters. The lowest BCUT2D eigenvalue weighted by atomic mass is 9.95. The zero-order chi connectivity index (χ0) is 18.2. The van der Waals surface area contributed by atoms with Gasteiger partial charge in [-0.25, -0.2) is 0 Å². The maximum absolute atomic E-state index is 3.67. The summed E-state index contributed by atoms with van der Waals surface area (Å²) in [6.07, 6.45) is 0. The molecule has 0 bridgehead atoms. The number of fused-ring (bicyclic) bond motifs is 2. The molecule has 0 aliphatic carbocycles. The second-order valence-corrected chi connectivity index (χ2v) is 7.63. The van der Waals surface area contributed by atoms with Gasteiger partial charge in [-0.2, -0.15) is 0 Å². The smallest absolute Gasteiger partial charge is 0.0253 e. The molecule has 5 rings (SSSR count). The van der Waals surface area contributed by atoms with Crippen molar-refractivity contribution in [3.63, 3.8) is 0 Å². The summed E-state index contributed by atoms with van der Waals surface area (Å²) >= 11 is 3.67. The fourth-order valence-electron chi connectivity index (χ4n) is 3.73. The summed E-state index contributed by atoms with van der Waals surface area (Å²) < 4.78 is 1.13. The molecule has 0 N–H and O–H groups in total. The van der Waals surface area contributed by atoms with Gasteiger partial charge in [0.25, 0.3) is 0 Å². The summed E-state index contributed by atoms with van der Waals surface area (Å²) in [6, 6.07) is 36.9. The van der Waals surface area contributed by atoms with Crippen LogP contribution in [-0.4, -0.2) is 0 Å². The summed E-state index contributed by atoms with van der Waals surface area (Å²) in [5.41, 5.74) is 4.99. The first-order valence-corrected chi connectivity index (χ1v) is 9.86. The number of rotatable bonds is 2. The van der Waals surface area contributed by atoms with Crippen LogP contribution in [0.3, 0.4) is 0 Å². The van der Waals surface area contributed by atoms with Gasteiger partial charge in [0.1, 0.15) is 0 Å². The molecule has 0 aliphatic rings. The highest BCUT2D eigenvalue weighted by Crippen LogP contribution is 2.33. The summed E-state index contributed by atoms with van der Waals surface area (Å²) in [6.45, 7) is 0. The van der Waals surface area contributed by atoms with Crippen molar-refractivity contribution in [2.45, 2.75) is 0 Å². The first-order valence-electron chi connectivity index (χ1n) is 9.06. The van der Waals surface area contributed by atoms with Crippen LogP contribution in [0.5, 0.6) is 0 Å². The average molecular weight is 409 g/mol. The molecular weight excluding hydrogens is 392 g/mol. The molecule has 1 heteroatoms. The molecule has 128 valence electrons. The molecule has 0 nitrogen and oxygen atoms in total. The van der Waals surface area contributed by atoms with Crippen molar-refractivity contribution >= 4 is 37.5 Å². The van der Waals surface area contributed by atoms with Gasteiger partial charge < -0.3 is 0 Å². The van der Waals surface area contributed by atoms with Crippen molar-refractivity contribution in [1.29, 1.82) is 0 Å². The molecule has 0 spiro atoms. The SMILES string of the molecule is Brc1cccc2c(-c3ccc(-c4ccc5ccccc5c4)cc3)cccc12. The maximum atomic E-state index is 3.67. The monoisotopic (exact) mass is 408 g/mol. The van der Waals surface area contributed by atoms with Crippen LogP contribution in [0.15, 0.2) is 108 Å². The van der Waals surface area contributed by atoms with Gasteiger partial charge in [-0.15, -0.1) is 0 Å². The van der Waals surface area contributed by atoms with E-state index < -0.39 is 0 Å². The highest BCUT2D eigenvalue weighted by Gasteiger charge is 2.06. The first-order chi connectivity index (χ1) is 13.3. The Hall–Kier alpha value is -2.90. The highest BCUT2D eigenvalue weighted by atomic mass is 79.9. The van der Waals surface area contributed by atoms with Crippen molar-refractivity contribution in [2.75, 3.05) is 0 Å². The zero-order valence-electron chi connectivity index (χ0n) is 14.7. The van der Waals surface area contributed by atoms with Crippen LogP contribution in [0, 0.1) is 0 Å². The minimum absolute atomic E-state index is 1.13. The molecule has 0 atom stereocenters. The third-order valence-electron chi connectivity index (χ3n) is 5.15. The van der Waals surface area contributed by atoms with Crippen LogP contribution in [0.1, 0.15) is 0 Å². The topological polar surface area (TPSA) is 0 Å². The van der Waals surface area contributed by atoms with E-state index in [9.17, 15) is 0 Å². The Bertz CT molecular complexity index is 1270. The third-order valence-corrected chi connectivity index (χ3v) is 5.84. The van der Waals surface area contributed by atoms with Gasteiger partial charge in [0.2, 0.25) is 0 Å². The van der Waals surface area contributed by atoms with E-state index in [-0.39, 0.29) is 0 Å². The van der Waals surface area contributed by atoms with Crippen LogP contribution in [-0.2, 0) is 0 Å². The second kappa shape index (κ2) is 6.68. The van der Waals surface area contributed by atoms with Gasteiger partial charge in [0, 0.05) is 4.47 Å². The zero-order valence-corrected chi connectivity index (χ0v) is 16.3. The minimum Gasteiger partial charge on any atom is -0.0616 e. The van der Waals surface area contributed by atoms with Crippen LogP contribution in [0.25, 0.3) is 43.8 Å². The van der Waals surface area contributed by atoms with E-state index in [1.165, 1.54) is 43.8 Å². The predicted octanol–water partition coefficient (Wildman–Crippen LogP) is 8.09. The normalized spacial score (nSPS) is 11.1. The predicted molar refractivity (Wildman–Crippen MR) is 120 cm³/mol. The largest absolute Gasteiger partial charge is 0.0616 e. The van der Waals surface area contributed by atoms with E-state index in [1.54, 1.807) is 0 Å². The van der Waals surface area contributed by atoms with E-state index >= 15 is 0 Å². The molecule has 0 amide bonds. The third kappa shape index (κ3) is 2.94. The van der Waals surface area contributed by atoms with Gasteiger partial charge in [-0.3, -0.25) is 0 Å². The maximum Gasteiger partial charge on any atom is 0.0253 e. The molecule has 0 radical (unpaired) electrons. The summed E-state index contributed by atoms with van der Waals surface area (Å²) in [5.74, 6) is 0. The van der Waals surface area contributed by atoms with Crippen molar-refractivity contribution in [3.8, 4) is 22.3 Å². The van der Waals surface area contributed by atoms with Gasteiger partial charge in [-0.1, -0.05) is 107 Å². The summed E-state index contributed by atoms with van der Waals surface area (Å²) in [4.78, 5) is 0. The quantitative estimate of drug-likeness (QED) is 0.276. The van der Waals surface area contributed by atoms with E-state index in [1.807, 2.05) is 0 Å². The van der Waals surface area contributed by atoms with Crippen LogP contribution < -0.4 is 0 Å². The second-order valence-electron chi connectivity index (χ2n) is 6.78. The van der Waals surface area contributed by atoms with Crippen LogP contribution in [0.2, 0.25) is 0 Å². The first kappa shape index (κ1) is 16.3. The highest BCUT2D eigenvalue weighted by molar-refractivity contribution is 9.10. The number of hydrogen-bond donors (Lipinski definition) is 0. The lowest BCUT2D eigenvalue weighted by Gasteiger charge is -2.10. The Morgan fingerprint density at radius 3 is 1.96 bits per heavy atom. The van der Waals surface area contributed by atoms with Crippen LogP contribution >= 0.6 is 15.9 Å². The molecule has 0 heterocycles. The Kier molecular flexibility index (Phi) is 4.03. The number of benzene rings is 5. The van der Waals surface area contributed by atoms with Crippen molar-refractivity contribution in [1.82, 2.24) is 0 Å². The standard InChI is InChI=1S/C26H17Br/c27-26-10-4-8-24-23(7-3-9-25(24)26)20-14-11-19(12-15-20)22-16-13-18-5-1-2-6-21(18)17-22/h1-17H. The van der Waals surface area contributed by atoms with Gasteiger partial charge in [0.15, 0.2) is 0 Å². The lowest BCUT2D eigenvalue weighted by Crippen LogP contribution is -1.84. The minimum atomic E-state index is 1.13. The Labute approximate surface area is 167 Å². The molecule has 0 aliphatic heterocycles. The van der Waals surface area contributed by atoms with Gasteiger partial charge in [0.05, 0.1) is 0 Å². The van der Waals surface area contributed by atoms with Crippen molar-refractivity contribution in [3.05, 3.63) is 108 Å². The molecular formula is C26H17Br. The Balaban J connectivity index is 1.58. The Morgan fingerprint density at radius 1 is 0.444 bits per heavy atom. The molecule has 5 aromatic carbocycles. The van der Waals surface area contributed by atoms with Crippen LogP contribution in [0.4, 0.5) is 0 Å². The fourth-order valence-corrected chi connectivity index (χ4v) is 4.23. The molecule has 0 fully saturated rings. The average Bonchev–Trinajstić information content (AvgIpc) is 2.73. The lowest BCUT2D eigenvalue weighted by molar-refractivity contribution is 1.61. The molecule has 0 saturated carbocycles.